The first-order valence-electron chi connectivity index (χ1n) is 20.4. The Balaban J connectivity index is 4.04. The van der Waals surface area contributed by atoms with Crippen molar-refractivity contribution in [2.45, 2.75) is 219 Å². The summed E-state index contributed by atoms with van der Waals surface area (Å²) in [6, 6.07) is 0. The van der Waals surface area contributed by atoms with Crippen molar-refractivity contribution >= 4 is 5.97 Å². The Bertz CT molecular complexity index is 588. The minimum Gasteiger partial charge on any atom is -0.462 e. The quantitative estimate of drug-likeness (QED) is 0.0391. The predicted molar refractivity (Wildman–Crippen MR) is 196 cm³/mol. The number of aliphatic hydroxyl groups excluding tert-OH is 2. The fourth-order valence-electron chi connectivity index (χ4n) is 6.27. The molecule has 1 unspecified atom stereocenters. The van der Waals surface area contributed by atoms with Gasteiger partial charge in [0.15, 0.2) is 6.29 Å². The summed E-state index contributed by atoms with van der Waals surface area (Å²) in [6.45, 7) is 10.1. The third-order valence-corrected chi connectivity index (χ3v) is 9.31. The van der Waals surface area contributed by atoms with E-state index in [1.165, 1.54) is 116 Å². The zero-order valence-electron chi connectivity index (χ0n) is 31.3. The van der Waals surface area contributed by atoms with Gasteiger partial charge in [0.1, 0.15) is 6.10 Å². The van der Waals surface area contributed by atoms with Gasteiger partial charge in [-0.25, -0.2) is 0 Å². The van der Waals surface area contributed by atoms with Gasteiger partial charge in [0.05, 0.1) is 6.61 Å². The van der Waals surface area contributed by atoms with Gasteiger partial charge in [0, 0.05) is 19.6 Å². The van der Waals surface area contributed by atoms with Crippen LogP contribution in [0.2, 0.25) is 0 Å². The van der Waals surface area contributed by atoms with Crippen molar-refractivity contribution in [2.75, 3.05) is 32.8 Å². The number of hydrogen-bond acceptors (Lipinski definition) is 6. The molecule has 0 radical (unpaired) electrons. The summed E-state index contributed by atoms with van der Waals surface area (Å²) < 4.78 is 11.6. The predicted octanol–water partition coefficient (Wildman–Crippen LogP) is 10.9. The van der Waals surface area contributed by atoms with Crippen LogP contribution in [0.5, 0.6) is 0 Å². The molecule has 0 aromatic rings. The maximum absolute atomic E-state index is 12.7. The van der Waals surface area contributed by atoms with Crippen molar-refractivity contribution < 1.29 is 24.5 Å². The fourth-order valence-corrected chi connectivity index (χ4v) is 6.27. The lowest BCUT2D eigenvalue weighted by Gasteiger charge is -2.22. The molecule has 0 saturated heterocycles. The Morgan fingerprint density at radius 1 is 0.543 bits per heavy atom. The van der Waals surface area contributed by atoms with Crippen LogP contribution in [0.25, 0.3) is 0 Å². The Labute approximate surface area is 287 Å². The summed E-state index contributed by atoms with van der Waals surface area (Å²) in [5.41, 5.74) is 0. The molecule has 1 atom stereocenters. The SMILES string of the molecule is CCCCCCCCCOC(O)CCCN(CCO)CCCCCCCC(=O)OC(CCCCCCCC)CCCCCCCC. The van der Waals surface area contributed by atoms with Crippen LogP contribution in [0, 0.1) is 0 Å². The van der Waals surface area contributed by atoms with Crippen LogP contribution in [0.1, 0.15) is 207 Å². The molecule has 0 aromatic carbocycles. The van der Waals surface area contributed by atoms with Crippen molar-refractivity contribution in [3.8, 4) is 0 Å². The van der Waals surface area contributed by atoms with Gasteiger partial charge in [-0.2, -0.15) is 0 Å². The normalized spacial score (nSPS) is 12.4. The number of esters is 1. The maximum Gasteiger partial charge on any atom is 0.306 e. The molecular formula is C40H81NO5. The van der Waals surface area contributed by atoms with Crippen LogP contribution >= 0.6 is 0 Å². The molecule has 6 heteroatoms. The molecule has 0 aliphatic heterocycles. The molecule has 0 amide bonds. The topological polar surface area (TPSA) is 79.2 Å². The van der Waals surface area contributed by atoms with Gasteiger partial charge in [0.25, 0.3) is 0 Å². The van der Waals surface area contributed by atoms with Crippen LogP contribution in [-0.4, -0.2) is 66.3 Å². The van der Waals surface area contributed by atoms with Gasteiger partial charge in [0.2, 0.25) is 0 Å². The van der Waals surface area contributed by atoms with Crippen LogP contribution in [0.15, 0.2) is 0 Å². The van der Waals surface area contributed by atoms with Crippen molar-refractivity contribution in [3.63, 3.8) is 0 Å². The minimum absolute atomic E-state index is 0.00432. The zero-order valence-corrected chi connectivity index (χ0v) is 31.3. The number of carbonyl (C=O) groups excluding carboxylic acids is 1. The molecule has 46 heavy (non-hydrogen) atoms. The second-order valence-electron chi connectivity index (χ2n) is 13.9. The summed E-state index contributed by atoms with van der Waals surface area (Å²) >= 11 is 0. The van der Waals surface area contributed by atoms with Crippen LogP contribution in [-0.2, 0) is 14.3 Å². The Morgan fingerprint density at radius 3 is 1.54 bits per heavy atom. The number of rotatable bonds is 38. The van der Waals surface area contributed by atoms with E-state index < -0.39 is 6.29 Å². The van der Waals surface area contributed by atoms with E-state index in [1.54, 1.807) is 0 Å². The third kappa shape index (κ3) is 33.2. The lowest BCUT2D eigenvalue weighted by Crippen LogP contribution is -2.30. The molecule has 0 aliphatic rings. The van der Waals surface area contributed by atoms with Crippen LogP contribution in [0.3, 0.4) is 0 Å². The Kier molecular flexibility index (Phi) is 36.6. The molecule has 2 N–H and O–H groups in total. The number of hydrogen-bond donors (Lipinski definition) is 2. The summed E-state index contributed by atoms with van der Waals surface area (Å²) in [4.78, 5) is 15.0. The van der Waals surface area contributed by atoms with Crippen molar-refractivity contribution in [1.82, 2.24) is 4.90 Å². The van der Waals surface area contributed by atoms with Gasteiger partial charge in [-0.15, -0.1) is 0 Å². The first-order chi connectivity index (χ1) is 22.6. The third-order valence-electron chi connectivity index (χ3n) is 9.31. The van der Waals surface area contributed by atoms with E-state index in [1.807, 2.05) is 0 Å². The van der Waals surface area contributed by atoms with E-state index in [0.29, 0.717) is 26.0 Å². The van der Waals surface area contributed by atoms with Gasteiger partial charge in [-0.05, 0) is 70.9 Å². The molecule has 0 aliphatic carbocycles. The Morgan fingerprint density at radius 2 is 1.00 bits per heavy atom. The standard InChI is InChI=1S/C40H81NO5/c1-4-7-10-13-16-22-27-37-45-39(43)32-28-34-41(35-36-42)33-26-21-17-20-25-31-40(44)46-38(29-23-18-14-11-8-5-2)30-24-19-15-12-9-6-3/h38-39,42-43H,4-37H2,1-3H3. The number of aliphatic hydroxyl groups is 2. The smallest absolute Gasteiger partial charge is 0.306 e. The lowest BCUT2D eigenvalue weighted by molar-refractivity contribution is -0.150. The minimum atomic E-state index is -0.677. The molecule has 0 bridgehead atoms. The Hall–Kier alpha value is -0.690. The van der Waals surface area contributed by atoms with Gasteiger partial charge >= 0.3 is 5.97 Å². The number of ether oxygens (including phenoxy) is 2. The van der Waals surface area contributed by atoms with Crippen LogP contribution < -0.4 is 0 Å². The van der Waals surface area contributed by atoms with Crippen molar-refractivity contribution in [3.05, 3.63) is 0 Å². The molecular weight excluding hydrogens is 574 g/mol. The highest BCUT2D eigenvalue weighted by Crippen LogP contribution is 2.18. The highest BCUT2D eigenvalue weighted by atomic mass is 16.6. The molecule has 0 fully saturated rings. The fraction of sp³-hybridized carbons (Fsp3) is 0.975. The maximum atomic E-state index is 12.7. The molecule has 6 nitrogen and oxygen atoms in total. The van der Waals surface area contributed by atoms with E-state index in [2.05, 4.69) is 25.7 Å². The van der Waals surface area contributed by atoms with E-state index in [4.69, 9.17) is 9.47 Å². The molecule has 276 valence electrons. The molecule has 0 heterocycles. The summed E-state index contributed by atoms with van der Waals surface area (Å²) in [5.74, 6) is 0.00432. The highest BCUT2D eigenvalue weighted by molar-refractivity contribution is 5.69. The second kappa shape index (κ2) is 37.1. The van der Waals surface area contributed by atoms with E-state index in [9.17, 15) is 15.0 Å². The summed E-state index contributed by atoms with van der Waals surface area (Å²) in [5, 5.41) is 19.7. The van der Waals surface area contributed by atoms with E-state index >= 15 is 0 Å². The largest absolute Gasteiger partial charge is 0.462 e. The van der Waals surface area contributed by atoms with E-state index in [-0.39, 0.29) is 18.7 Å². The zero-order chi connectivity index (χ0) is 33.8. The van der Waals surface area contributed by atoms with Crippen molar-refractivity contribution in [2.24, 2.45) is 0 Å². The summed E-state index contributed by atoms with van der Waals surface area (Å²) in [7, 11) is 0. The van der Waals surface area contributed by atoms with Gasteiger partial charge in [-0.3, -0.25) is 4.79 Å². The number of nitrogens with zero attached hydrogens (tertiary/aromatic N) is 1. The van der Waals surface area contributed by atoms with Crippen LogP contribution in [0.4, 0.5) is 0 Å². The molecule has 0 spiro atoms. The summed E-state index contributed by atoms with van der Waals surface area (Å²) in [6.07, 6.45) is 33.0. The average molecular weight is 656 g/mol. The first kappa shape index (κ1) is 45.3. The highest BCUT2D eigenvalue weighted by Gasteiger charge is 2.14. The monoisotopic (exact) mass is 656 g/mol. The van der Waals surface area contributed by atoms with Gasteiger partial charge in [-0.1, -0.05) is 143 Å². The molecule has 0 saturated carbocycles. The average Bonchev–Trinajstić information content (AvgIpc) is 3.04. The first-order valence-corrected chi connectivity index (χ1v) is 20.4. The molecule has 0 rings (SSSR count). The lowest BCUT2D eigenvalue weighted by atomic mass is 10.0. The number of unbranched alkanes of at least 4 members (excludes halogenated alkanes) is 20. The van der Waals surface area contributed by atoms with E-state index in [0.717, 1.165) is 70.9 Å². The number of carbonyl (C=O) groups is 1. The molecule has 0 aromatic heterocycles. The van der Waals surface area contributed by atoms with Crippen molar-refractivity contribution in [1.29, 1.82) is 0 Å². The second-order valence-corrected chi connectivity index (χ2v) is 13.9. The van der Waals surface area contributed by atoms with Gasteiger partial charge < -0.3 is 24.6 Å².